The fourth-order valence-corrected chi connectivity index (χ4v) is 2.25. The van der Waals surface area contributed by atoms with Gasteiger partial charge in [0, 0.05) is 24.1 Å². The van der Waals surface area contributed by atoms with Gasteiger partial charge in [-0.25, -0.2) is 4.79 Å². The van der Waals surface area contributed by atoms with E-state index in [0.717, 1.165) is 16.6 Å². The molecule has 0 amide bonds. The molecule has 3 rings (SSSR count). The number of carbonyl (C=O) groups is 1. The van der Waals surface area contributed by atoms with Crippen LogP contribution in [0, 0.1) is 0 Å². The highest BCUT2D eigenvalue weighted by atomic mass is 16.5. The second-order valence-corrected chi connectivity index (χ2v) is 4.75. The number of aromatic carboxylic acids is 1. The molecule has 3 aromatic rings. The lowest BCUT2D eigenvalue weighted by Gasteiger charge is -2.07. The number of carboxylic acid groups (broad SMARTS) is 1. The molecule has 1 N–H and O–H groups in total. The van der Waals surface area contributed by atoms with E-state index in [4.69, 9.17) is 9.84 Å². The number of pyridine rings is 1. The maximum absolute atomic E-state index is 11.0. The number of aromatic nitrogens is 2. The standard InChI is InChI=1S/C16H14N2O3/c1-18-13(10-21-14-3-2-6-17-9-14)7-11-4-5-12(16(19)20)8-15(11)18/h2-9H,10H2,1H3,(H,19,20). The lowest BCUT2D eigenvalue weighted by atomic mass is 10.1. The van der Waals surface area contributed by atoms with E-state index < -0.39 is 5.97 Å². The van der Waals surface area contributed by atoms with Crippen molar-refractivity contribution < 1.29 is 14.6 Å². The van der Waals surface area contributed by atoms with Crippen LogP contribution in [0.2, 0.25) is 0 Å². The van der Waals surface area contributed by atoms with Crippen LogP contribution in [0.3, 0.4) is 0 Å². The van der Waals surface area contributed by atoms with Gasteiger partial charge in [-0.2, -0.15) is 0 Å². The van der Waals surface area contributed by atoms with E-state index in [9.17, 15) is 4.79 Å². The van der Waals surface area contributed by atoms with Crippen molar-refractivity contribution in [2.75, 3.05) is 0 Å². The topological polar surface area (TPSA) is 64.4 Å². The average molecular weight is 282 g/mol. The van der Waals surface area contributed by atoms with Gasteiger partial charge >= 0.3 is 5.97 Å². The zero-order valence-corrected chi connectivity index (χ0v) is 11.5. The summed E-state index contributed by atoms with van der Waals surface area (Å²) >= 11 is 0. The summed E-state index contributed by atoms with van der Waals surface area (Å²) in [4.78, 5) is 15.0. The van der Waals surface area contributed by atoms with E-state index in [1.165, 1.54) is 0 Å². The largest absolute Gasteiger partial charge is 0.486 e. The lowest BCUT2D eigenvalue weighted by Crippen LogP contribution is -2.02. The lowest BCUT2D eigenvalue weighted by molar-refractivity contribution is 0.0697. The van der Waals surface area contributed by atoms with E-state index in [0.29, 0.717) is 12.4 Å². The Hall–Kier alpha value is -2.82. The van der Waals surface area contributed by atoms with Gasteiger partial charge in [0.25, 0.3) is 0 Å². The molecule has 0 atom stereocenters. The maximum atomic E-state index is 11.0. The predicted molar refractivity (Wildman–Crippen MR) is 78.4 cm³/mol. The summed E-state index contributed by atoms with van der Waals surface area (Å²) in [7, 11) is 1.90. The van der Waals surface area contributed by atoms with Crippen molar-refractivity contribution in [1.82, 2.24) is 9.55 Å². The van der Waals surface area contributed by atoms with Crippen molar-refractivity contribution in [2.24, 2.45) is 7.05 Å². The smallest absolute Gasteiger partial charge is 0.335 e. The molecule has 0 aliphatic rings. The first kappa shape index (κ1) is 13.2. The minimum absolute atomic E-state index is 0.281. The molecule has 106 valence electrons. The van der Waals surface area contributed by atoms with Crippen LogP contribution in [0.4, 0.5) is 0 Å². The molecule has 0 spiro atoms. The zero-order valence-electron chi connectivity index (χ0n) is 11.5. The van der Waals surface area contributed by atoms with E-state index in [2.05, 4.69) is 4.98 Å². The van der Waals surface area contributed by atoms with Crippen molar-refractivity contribution in [2.45, 2.75) is 6.61 Å². The highest BCUT2D eigenvalue weighted by molar-refractivity contribution is 5.93. The molecule has 0 aliphatic heterocycles. The van der Waals surface area contributed by atoms with Gasteiger partial charge in [-0.1, -0.05) is 6.07 Å². The van der Waals surface area contributed by atoms with Crippen LogP contribution < -0.4 is 4.74 Å². The first-order valence-electron chi connectivity index (χ1n) is 6.49. The highest BCUT2D eigenvalue weighted by Gasteiger charge is 2.10. The molecule has 2 aromatic heterocycles. The third-order valence-corrected chi connectivity index (χ3v) is 3.41. The van der Waals surface area contributed by atoms with Gasteiger partial charge in [-0.05, 0) is 30.3 Å². The van der Waals surface area contributed by atoms with Gasteiger partial charge in [0.2, 0.25) is 0 Å². The number of aryl methyl sites for hydroxylation is 1. The number of fused-ring (bicyclic) bond motifs is 1. The monoisotopic (exact) mass is 282 g/mol. The molecule has 0 aliphatic carbocycles. The molecular formula is C16H14N2O3. The molecule has 21 heavy (non-hydrogen) atoms. The Morgan fingerprint density at radius 2 is 2.19 bits per heavy atom. The second-order valence-electron chi connectivity index (χ2n) is 4.75. The Labute approximate surface area is 121 Å². The summed E-state index contributed by atoms with van der Waals surface area (Å²) in [6.07, 6.45) is 3.35. The van der Waals surface area contributed by atoms with Gasteiger partial charge in [-0.3, -0.25) is 4.98 Å². The van der Waals surface area contributed by atoms with E-state index in [-0.39, 0.29) is 5.56 Å². The molecule has 1 aromatic carbocycles. The van der Waals surface area contributed by atoms with Gasteiger partial charge in [0.05, 0.1) is 17.5 Å². The summed E-state index contributed by atoms with van der Waals surface area (Å²) in [6, 6.07) is 10.7. The van der Waals surface area contributed by atoms with Crippen LogP contribution in [-0.2, 0) is 13.7 Å². The number of hydrogen-bond acceptors (Lipinski definition) is 3. The fraction of sp³-hybridized carbons (Fsp3) is 0.125. The molecule has 0 unspecified atom stereocenters. The molecule has 5 heteroatoms. The van der Waals surface area contributed by atoms with Crippen molar-refractivity contribution >= 4 is 16.9 Å². The summed E-state index contributed by atoms with van der Waals surface area (Å²) < 4.78 is 7.62. The second kappa shape index (κ2) is 5.28. The van der Waals surface area contributed by atoms with Crippen LogP contribution in [0.15, 0.2) is 48.8 Å². The average Bonchev–Trinajstić information content (AvgIpc) is 2.82. The third-order valence-electron chi connectivity index (χ3n) is 3.41. The number of benzene rings is 1. The molecule has 2 heterocycles. The number of nitrogens with zero attached hydrogens (tertiary/aromatic N) is 2. The van der Waals surface area contributed by atoms with Gasteiger partial charge in [-0.15, -0.1) is 0 Å². The number of ether oxygens (including phenoxy) is 1. The Morgan fingerprint density at radius 3 is 2.90 bits per heavy atom. The summed E-state index contributed by atoms with van der Waals surface area (Å²) in [5.41, 5.74) is 2.12. The first-order valence-corrected chi connectivity index (χ1v) is 6.49. The fourth-order valence-electron chi connectivity index (χ4n) is 2.25. The van der Waals surface area contributed by atoms with Gasteiger partial charge in [0.1, 0.15) is 12.4 Å². The van der Waals surface area contributed by atoms with Crippen molar-refractivity contribution in [1.29, 1.82) is 0 Å². The molecule has 5 nitrogen and oxygen atoms in total. The molecule has 0 bridgehead atoms. The van der Waals surface area contributed by atoms with Crippen LogP contribution in [-0.4, -0.2) is 20.6 Å². The summed E-state index contributed by atoms with van der Waals surface area (Å²) in [5, 5.41) is 10.0. The van der Waals surface area contributed by atoms with E-state index in [1.807, 2.05) is 35.9 Å². The Morgan fingerprint density at radius 1 is 1.33 bits per heavy atom. The quantitative estimate of drug-likeness (QED) is 0.799. The van der Waals surface area contributed by atoms with Gasteiger partial charge in [0.15, 0.2) is 0 Å². The van der Waals surface area contributed by atoms with Crippen LogP contribution in [0.5, 0.6) is 5.75 Å². The normalized spacial score (nSPS) is 10.7. The minimum Gasteiger partial charge on any atom is -0.486 e. The predicted octanol–water partition coefficient (Wildman–Crippen LogP) is 2.85. The SMILES string of the molecule is Cn1c(COc2cccnc2)cc2ccc(C(=O)O)cc21. The van der Waals surface area contributed by atoms with Crippen molar-refractivity contribution in [3.8, 4) is 5.75 Å². The van der Waals surface area contributed by atoms with Crippen LogP contribution >= 0.6 is 0 Å². The molecule has 0 fully saturated rings. The Balaban J connectivity index is 1.89. The van der Waals surface area contributed by atoms with Crippen molar-refractivity contribution in [3.05, 3.63) is 60.0 Å². The highest BCUT2D eigenvalue weighted by Crippen LogP contribution is 2.21. The zero-order chi connectivity index (χ0) is 14.8. The first-order chi connectivity index (χ1) is 10.1. The Bertz CT molecular complexity index is 794. The van der Waals surface area contributed by atoms with Crippen LogP contribution in [0.1, 0.15) is 16.1 Å². The number of carboxylic acids is 1. The van der Waals surface area contributed by atoms with Crippen LogP contribution in [0.25, 0.3) is 10.9 Å². The Kier molecular flexibility index (Phi) is 3.31. The summed E-state index contributed by atoms with van der Waals surface area (Å²) in [5.74, 6) is -0.222. The summed E-state index contributed by atoms with van der Waals surface area (Å²) in [6.45, 7) is 0.402. The molecule has 0 saturated carbocycles. The van der Waals surface area contributed by atoms with Gasteiger partial charge < -0.3 is 14.4 Å². The number of rotatable bonds is 4. The minimum atomic E-state index is -0.925. The third kappa shape index (κ3) is 2.58. The van der Waals surface area contributed by atoms with E-state index >= 15 is 0 Å². The molecule has 0 saturated heterocycles. The maximum Gasteiger partial charge on any atom is 0.335 e. The van der Waals surface area contributed by atoms with E-state index in [1.54, 1.807) is 24.5 Å². The number of hydrogen-bond donors (Lipinski definition) is 1. The molecular weight excluding hydrogens is 268 g/mol. The molecule has 0 radical (unpaired) electrons. The van der Waals surface area contributed by atoms with Crippen molar-refractivity contribution in [3.63, 3.8) is 0 Å².